The van der Waals surface area contributed by atoms with E-state index >= 15 is 0 Å². The molecular weight excluding hydrogens is 241 g/mol. The first-order chi connectivity index (χ1) is 8.36. The summed E-state index contributed by atoms with van der Waals surface area (Å²) in [4.78, 5) is 0. The van der Waals surface area contributed by atoms with Gasteiger partial charge in [-0.25, -0.2) is 0 Å². The van der Waals surface area contributed by atoms with Crippen molar-refractivity contribution in [3.05, 3.63) is 0 Å². The van der Waals surface area contributed by atoms with Crippen molar-refractivity contribution < 1.29 is 13.2 Å². The van der Waals surface area contributed by atoms with Crippen molar-refractivity contribution in [2.24, 2.45) is 23.5 Å². The molecule has 5 heteroatoms. The van der Waals surface area contributed by atoms with E-state index in [9.17, 15) is 13.2 Å². The van der Waals surface area contributed by atoms with Crippen molar-refractivity contribution in [1.29, 1.82) is 0 Å². The quantitative estimate of drug-likeness (QED) is 0.803. The molecule has 3 N–H and O–H groups in total. The zero-order chi connectivity index (χ0) is 13.8. The number of hydrogen-bond acceptors (Lipinski definition) is 2. The predicted octanol–water partition coefficient (Wildman–Crippen LogP) is 2.93. The molecule has 2 nitrogen and oxygen atoms in total. The Hall–Kier alpha value is -0.290. The topological polar surface area (TPSA) is 38.0 Å². The summed E-state index contributed by atoms with van der Waals surface area (Å²) in [5.74, 6) is -0.534. The van der Waals surface area contributed by atoms with Crippen LogP contribution in [-0.2, 0) is 0 Å². The number of nitrogens with one attached hydrogen (secondary N) is 1. The fraction of sp³-hybridized carbons (Fsp3) is 1.00. The number of nitrogens with two attached hydrogens (primary N) is 1. The lowest BCUT2D eigenvalue weighted by molar-refractivity contribution is -0.189. The minimum Gasteiger partial charge on any atom is -0.330 e. The third-order valence-corrected chi connectivity index (χ3v) is 4.07. The second kappa shape index (κ2) is 6.75. The van der Waals surface area contributed by atoms with Gasteiger partial charge >= 0.3 is 6.18 Å². The second-order valence-corrected chi connectivity index (χ2v) is 5.69. The maximum absolute atomic E-state index is 12.9. The van der Waals surface area contributed by atoms with Crippen LogP contribution in [0, 0.1) is 17.8 Å². The summed E-state index contributed by atoms with van der Waals surface area (Å²) in [5, 5.41) is 3.11. The molecule has 1 aliphatic rings. The van der Waals surface area contributed by atoms with Crippen molar-refractivity contribution >= 4 is 0 Å². The summed E-state index contributed by atoms with van der Waals surface area (Å²) in [7, 11) is 0. The Bertz CT molecular complexity index is 241. The molecular formula is C13H25F3N2. The van der Waals surface area contributed by atoms with Crippen LogP contribution in [0.25, 0.3) is 0 Å². The summed E-state index contributed by atoms with van der Waals surface area (Å²) in [5.41, 5.74) is 5.65. The maximum Gasteiger partial charge on any atom is 0.393 e. The minimum atomic E-state index is -4.08. The molecule has 3 unspecified atom stereocenters. The molecule has 1 aliphatic carbocycles. The Morgan fingerprint density at radius 2 is 1.83 bits per heavy atom. The Morgan fingerprint density at radius 3 is 2.33 bits per heavy atom. The first kappa shape index (κ1) is 15.8. The van der Waals surface area contributed by atoms with Crippen LogP contribution in [-0.4, -0.2) is 25.3 Å². The summed E-state index contributed by atoms with van der Waals surface area (Å²) in [6.45, 7) is 5.22. The van der Waals surface area contributed by atoms with Gasteiger partial charge in [0.1, 0.15) is 0 Å². The molecule has 0 bridgehead atoms. The van der Waals surface area contributed by atoms with Crippen LogP contribution < -0.4 is 11.1 Å². The van der Waals surface area contributed by atoms with Crippen LogP contribution in [0.1, 0.15) is 39.5 Å². The highest BCUT2D eigenvalue weighted by molar-refractivity contribution is 4.86. The van der Waals surface area contributed by atoms with E-state index in [1.54, 1.807) is 0 Å². The smallest absolute Gasteiger partial charge is 0.330 e. The van der Waals surface area contributed by atoms with Gasteiger partial charge in [-0.15, -0.1) is 0 Å². The van der Waals surface area contributed by atoms with Gasteiger partial charge in [0, 0.05) is 6.04 Å². The highest BCUT2D eigenvalue weighted by Crippen LogP contribution is 2.37. The number of halogens is 3. The monoisotopic (exact) mass is 266 g/mol. The van der Waals surface area contributed by atoms with E-state index in [0.717, 1.165) is 6.42 Å². The van der Waals surface area contributed by atoms with E-state index in [1.807, 2.05) is 0 Å². The largest absolute Gasteiger partial charge is 0.393 e. The van der Waals surface area contributed by atoms with E-state index in [4.69, 9.17) is 5.73 Å². The van der Waals surface area contributed by atoms with Crippen LogP contribution in [0.4, 0.5) is 13.2 Å². The zero-order valence-corrected chi connectivity index (χ0v) is 11.3. The van der Waals surface area contributed by atoms with Gasteiger partial charge < -0.3 is 11.1 Å². The average molecular weight is 266 g/mol. The molecule has 1 fully saturated rings. The fourth-order valence-corrected chi connectivity index (χ4v) is 2.66. The van der Waals surface area contributed by atoms with Crippen molar-refractivity contribution in [1.82, 2.24) is 5.32 Å². The lowest BCUT2D eigenvalue weighted by atomic mass is 9.83. The van der Waals surface area contributed by atoms with Crippen LogP contribution in [0.5, 0.6) is 0 Å². The van der Waals surface area contributed by atoms with Crippen molar-refractivity contribution in [2.45, 2.75) is 51.7 Å². The van der Waals surface area contributed by atoms with E-state index < -0.39 is 18.1 Å². The van der Waals surface area contributed by atoms with Crippen LogP contribution in [0.15, 0.2) is 0 Å². The van der Waals surface area contributed by atoms with E-state index in [1.165, 1.54) is 0 Å². The first-order valence-corrected chi connectivity index (χ1v) is 6.86. The zero-order valence-electron chi connectivity index (χ0n) is 11.3. The van der Waals surface area contributed by atoms with Crippen LogP contribution in [0.2, 0.25) is 0 Å². The first-order valence-electron chi connectivity index (χ1n) is 6.86. The van der Waals surface area contributed by atoms with Gasteiger partial charge in [-0.1, -0.05) is 26.7 Å². The Morgan fingerprint density at radius 1 is 1.22 bits per heavy atom. The number of hydrogen-bond donors (Lipinski definition) is 2. The van der Waals surface area contributed by atoms with E-state index in [2.05, 4.69) is 19.2 Å². The van der Waals surface area contributed by atoms with Crippen molar-refractivity contribution in [3.8, 4) is 0 Å². The normalized spacial score (nSPS) is 27.5. The Labute approximate surface area is 107 Å². The van der Waals surface area contributed by atoms with E-state index in [0.29, 0.717) is 31.8 Å². The van der Waals surface area contributed by atoms with E-state index in [-0.39, 0.29) is 12.3 Å². The molecule has 0 aromatic carbocycles. The van der Waals surface area contributed by atoms with Gasteiger partial charge in [-0.3, -0.25) is 0 Å². The van der Waals surface area contributed by atoms with Gasteiger partial charge in [0.05, 0.1) is 5.92 Å². The third-order valence-electron chi connectivity index (χ3n) is 4.07. The predicted molar refractivity (Wildman–Crippen MR) is 67.2 cm³/mol. The Balaban J connectivity index is 2.52. The average Bonchev–Trinajstić information content (AvgIpc) is 2.28. The SMILES string of the molecule is CC(C)C(CN)CNC1CCCCC1C(F)(F)F. The van der Waals surface area contributed by atoms with Crippen LogP contribution in [0.3, 0.4) is 0 Å². The highest BCUT2D eigenvalue weighted by Gasteiger charge is 2.45. The summed E-state index contributed by atoms with van der Waals surface area (Å²) in [6.07, 6.45) is -1.62. The summed E-state index contributed by atoms with van der Waals surface area (Å²) in [6, 6.07) is -0.424. The molecule has 0 radical (unpaired) electrons. The highest BCUT2D eigenvalue weighted by atomic mass is 19.4. The summed E-state index contributed by atoms with van der Waals surface area (Å²) >= 11 is 0. The lowest BCUT2D eigenvalue weighted by Gasteiger charge is -2.35. The lowest BCUT2D eigenvalue weighted by Crippen LogP contribution is -2.47. The molecule has 0 heterocycles. The molecule has 0 aliphatic heterocycles. The van der Waals surface area contributed by atoms with Gasteiger partial charge in [-0.05, 0) is 37.8 Å². The minimum absolute atomic E-state index is 0.251. The second-order valence-electron chi connectivity index (χ2n) is 5.69. The van der Waals surface area contributed by atoms with Crippen molar-refractivity contribution in [2.75, 3.05) is 13.1 Å². The molecule has 1 saturated carbocycles. The Kier molecular flexibility index (Phi) is 5.92. The molecule has 3 atom stereocenters. The molecule has 18 heavy (non-hydrogen) atoms. The van der Waals surface area contributed by atoms with Gasteiger partial charge in [0.2, 0.25) is 0 Å². The molecule has 0 saturated heterocycles. The number of alkyl halides is 3. The van der Waals surface area contributed by atoms with Gasteiger partial charge in [0.25, 0.3) is 0 Å². The number of rotatable bonds is 5. The summed E-state index contributed by atoms with van der Waals surface area (Å²) < 4.78 is 38.7. The molecule has 0 aromatic heterocycles. The molecule has 0 amide bonds. The molecule has 0 spiro atoms. The van der Waals surface area contributed by atoms with Gasteiger partial charge in [-0.2, -0.15) is 13.2 Å². The molecule has 1 rings (SSSR count). The van der Waals surface area contributed by atoms with Crippen molar-refractivity contribution in [3.63, 3.8) is 0 Å². The molecule has 0 aromatic rings. The van der Waals surface area contributed by atoms with Crippen LogP contribution >= 0.6 is 0 Å². The standard InChI is InChI=1S/C13H25F3N2/c1-9(2)10(7-17)8-18-12-6-4-3-5-11(12)13(14,15)16/h9-12,18H,3-8,17H2,1-2H3. The van der Waals surface area contributed by atoms with Gasteiger partial charge in [0.15, 0.2) is 0 Å². The molecule has 108 valence electrons. The maximum atomic E-state index is 12.9. The fourth-order valence-electron chi connectivity index (χ4n) is 2.66. The third kappa shape index (κ3) is 4.43.